The maximum Gasteiger partial charge on any atom is 0.00845 e. The smallest absolute Gasteiger partial charge is 0.00845 e. The molecule has 1 heterocycles. The van der Waals surface area contributed by atoms with Gasteiger partial charge in [-0.25, -0.2) is 0 Å². The first-order chi connectivity index (χ1) is 6.43. The molecule has 1 heteroatoms. The third-order valence-electron chi connectivity index (χ3n) is 2.43. The van der Waals surface area contributed by atoms with Crippen LogP contribution in [0.4, 0.5) is 0 Å². The predicted molar refractivity (Wildman–Crippen MR) is 55.8 cm³/mol. The minimum atomic E-state index is 1.28. The zero-order valence-electron chi connectivity index (χ0n) is 7.12. The third kappa shape index (κ3) is 0.937. The molecule has 0 atom stereocenters. The summed E-state index contributed by atoms with van der Waals surface area (Å²) in [6, 6.07) is 12.8. The van der Waals surface area contributed by atoms with E-state index in [1.807, 2.05) is 12.4 Å². The van der Waals surface area contributed by atoms with Gasteiger partial charge in [-0.15, -0.1) is 0 Å². The summed E-state index contributed by atoms with van der Waals surface area (Å²) in [5.74, 6) is 0. The van der Waals surface area contributed by atoms with Crippen molar-refractivity contribution in [3.63, 3.8) is 0 Å². The molecule has 0 radical (unpaired) electrons. The van der Waals surface area contributed by atoms with E-state index < -0.39 is 0 Å². The molecule has 1 nitrogen and oxygen atoms in total. The molecule has 2 aromatic carbocycles. The van der Waals surface area contributed by atoms with Crippen molar-refractivity contribution < 1.29 is 0 Å². The molecule has 1 N–H and O–H groups in total. The topological polar surface area (TPSA) is 15.8 Å². The Kier molecular flexibility index (Phi) is 1.22. The van der Waals surface area contributed by atoms with E-state index in [0.29, 0.717) is 0 Å². The first kappa shape index (κ1) is 6.72. The van der Waals surface area contributed by atoms with Crippen LogP contribution in [0.1, 0.15) is 0 Å². The number of nitrogens with one attached hydrogen (secondary N) is 1. The second kappa shape index (κ2) is 2.36. The minimum Gasteiger partial charge on any atom is -0.366 e. The highest BCUT2D eigenvalue weighted by Crippen LogP contribution is 2.21. The van der Waals surface area contributed by atoms with Crippen molar-refractivity contribution >= 4 is 21.5 Å². The first-order valence-electron chi connectivity index (χ1n) is 4.39. The number of aromatic nitrogens is 1. The Labute approximate surface area is 76.0 Å². The summed E-state index contributed by atoms with van der Waals surface area (Å²) < 4.78 is 0. The molecule has 13 heavy (non-hydrogen) atoms. The van der Waals surface area contributed by atoms with Crippen molar-refractivity contribution in [3.8, 4) is 0 Å². The molecule has 62 valence electrons. The Balaban J connectivity index is 2.57. The summed E-state index contributed by atoms with van der Waals surface area (Å²) in [5.41, 5.74) is 0. The van der Waals surface area contributed by atoms with Crippen molar-refractivity contribution in [1.29, 1.82) is 0 Å². The zero-order chi connectivity index (χ0) is 8.67. The highest BCUT2D eigenvalue weighted by Gasteiger charge is 1.96. The first-order valence-corrected chi connectivity index (χ1v) is 4.39. The maximum atomic E-state index is 3.11. The second-order valence-corrected chi connectivity index (χ2v) is 3.28. The van der Waals surface area contributed by atoms with Crippen LogP contribution >= 0.6 is 0 Å². The van der Waals surface area contributed by atoms with Gasteiger partial charge in [0.2, 0.25) is 0 Å². The van der Waals surface area contributed by atoms with E-state index >= 15 is 0 Å². The lowest BCUT2D eigenvalue weighted by Gasteiger charge is -1.96. The van der Waals surface area contributed by atoms with Crippen molar-refractivity contribution in [2.45, 2.75) is 0 Å². The van der Waals surface area contributed by atoms with Gasteiger partial charge in [-0.05, 0) is 33.7 Å². The van der Waals surface area contributed by atoms with Gasteiger partial charge in [0.15, 0.2) is 0 Å². The van der Waals surface area contributed by atoms with Gasteiger partial charge < -0.3 is 4.98 Å². The van der Waals surface area contributed by atoms with Crippen molar-refractivity contribution in [2.24, 2.45) is 0 Å². The summed E-state index contributed by atoms with van der Waals surface area (Å²) in [7, 11) is 0. The lowest BCUT2D eigenvalue weighted by molar-refractivity contribution is 1.43. The Morgan fingerprint density at radius 2 is 1.23 bits per heavy atom. The molecule has 0 saturated carbocycles. The van der Waals surface area contributed by atoms with Crippen LogP contribution in [0.25, 0.3) is 21.5 Å². The molecule has 3 aromatic rings. The number of H-pyrrole nitrogens is 1. The van der Waals surface area contributed by atoms with Crippen molar-refractivity contribution in [1.82, 2.24) is 4.98 Å². The van der Waals surface area contributed by atoms with Gasteiger partial charge in [-0.3, -0.25) is 0 Å². The van der Waals surface area contributed by atoms with E-state index in [1.54, 1.807) is 0 Å². The van der Waals surface area contributed by atoms with E-state index in [4.69, 9.17) is 0 Å². The number of fused-ring (bicyclic) bond motifs is 2. The van der Waals surface area contributed by atoms with Crippen LogP contribution in [0.2, 0.25) is 0 Å². The van der Waals surface area contributed by atoms with E-state index in [2.05, 4.69) is 41.4 Å². The van der Waals surface area contributed by atoms with Gasteiger partial charge in [-0.2, -0.15) is 0 Å². The summed E-state index contributed by atoms with van der Waals surface area (Å²) in [4.78, 5) is 3.11. The summed E-state index contributed by atoms with van der Waals surface area (Å²) in [5, 5.41) is 5.15. The highest BCUT2D eigenvalue weighted by atomic mass is 14.6. The molecular weight excluding hydrogens is 158 g/mol. The lowest BCUT2D eigenvalue weighted by Crippen LogP contribution is -1.70. The molecule has 0 aliphatic carbocycles. The Hall–Kier alpha value is -1.76. The Bertz CT molecular complexity index is 514. The van der Waals surface area contributed by atoms with Crippen LogP contribution in [-0.4, -0.2) is 4.98 Å². The number of hydrogen-bond donors (Lipinski definition) is 1. The molecule has 0 aliphatic heterocycles. The molecule has 0 fully saturated rings. The van der Waals surface area contributed by atoms with Gasteiger partial charge in [0.05, 0.1) is 0 Å². The van der Waals surface area contributed by atoms with Crippen molar-refractivity contribution in [3.05, 3.63) is 48.8 Å². The van der Waals surface area contributed by atoms with E-state index in [9.17, 15) is 0 Å². The number of aromatic amines is 1. The molecule has 0 spiro atoms. The molecule has 0 unspecified atom stereocenters. The summed E-state index contributed by atoms with van der Waals surface area (Å²) in [6.45, 7) is 0. The fourth-order valence-electron chi connectivity index (χ4n) is 1.75. The molecule has 0 bridgehead atoms. The van der Waals surface area contributed by atoms with Gasteiger partial charge in [-0.1, -0.05) is 24.3 Å². The van der Waals surface area contributed by atoms with Crippen LogP contribution in [0.3, 0.4) is 0 Å². The van der Waals surface area contributed by atoms with Gasteiger partial charge >= 0.3 is 0 Å². The maximum absolute atomic E-state index is 3.11. The van der Waals surface area contributed by atoms with Gasteiger partial charge in [0.1, 0.15) is 0 Å². The van der Waals surface area contributed by atoms with Crippen molar-refractivity contribution in [2.75, 3.05) is 0 Å². The van der Waals surface area contributed by atoms with E-state index in [-0.39, 0.29) is 0 Å². The van der Waals surface area contributed by atoms with E-state index in [1.165, 1.54) is 21.5 Å². The Morgan fingerprint density at radius 1 is 0.692 bits per heavy atom. The molecule has 0 amide bonds. The van der Waals surface area contributed by atoms with Gasteiger partial charge in [0.25, 0.3) is 0 Å². The molecule has 1 aromatic heterocycles. The largest absolute Gasteiger partial charge is 0.366 e. The summed E-state index contributed by atoms with van der Waals surface area (Å²) >= 11 is 0. The zero-order valence-corrected chi connectivity index (χ0v) is 7.12. The number of hydrogen-bond acceptors (Lipinski definition) is 0. The van der Waals surface area contributed by atoms with Crippen LogP contribution in [0, 0.1) is 0 Å². The molecule has 0 aliphatic rings. The highest BCUT2D eigenvalue weighted by molar-refractivity contribution is 5.97. The fraction of sp³-hybridized carbons (Fsp3) is 0. The van der Waals surface area contributed by atoms with E-state index in [0.717, 1.165) is 0 Å². The summed E-state index contributed by atoms with van der Waals surface area (Å²) in [6.07, 6.45) is 4.06. The molecule has 0 saturated heterocycles. The number of rotatable bonds is 0. The van der Waals surface area contributed by atoms with Crippen LogP contribution < -0.4 is 0 Å². The standard InChI is InChI=1S/C12H9N/c1-2-4-10-6-12-8-13-7-11(12)5-9(10)3-1/h1-8,13H. The quantitative estimate of drug-likeness (QED) is 0.528. The fourth-order valence-corrected chi connectivity index (χ4v) is 1.75. The average Bonchev–Trinajstić information content (AvgIpc) is 2.61. The Morgan fingerprint density at radius 3 is 1.77 bits per heavy atom. The van der Waals surface area contributed by atoms with Gasteiger partial charge in [0, 0.05) is 12.4 Å². The van der Waals surface area contributed by atoms with Crippen LogP contribution in [0.15, 0.2) is 48.8 Å². The second-order valence-electron chi connectivity index (χ2n) is 3.28. The molecule has 3 rings (SSSR count). The minimum absolute atomic E-state index is 1.28. The predicted octanol–water partition coefficient (Wildman–Crippen LogP) is 3.32. The van der Waals surface area contributed by atoms with Crippen LogP contribution in [-0.2, 0) is 0 Å². The lowest BCUT2D eigenvalue weighted by atomic mass is 10.1. The normalized spacial score (nSPS) is 11.1. The number of benzene rings is 2. The molecular formula is C12H9N. The monoisotopic (exact) mass is 167 g/mol. The average molecular weight is 167 g/mol. The SMILES string of the molecule is c1ccc2cc3c[nH]cc3cc2c1. The van der Waals surface area contributed by atoms with Crippen LogP contribution in [0.5, 0.6) is 0 Å². The third-order valence-corrected chi connectivity index (χ3v) is 2.43.